The van der Waals surface area contributed by atoms with Crippen molar-refractivity contribution in [2.45, 2.75) is 26.2 Å². The first-order valence-electron chi connectivity index (χ1n) is 3.22. The topological polar surface area (TPSA) is 26.0 Å². The molecule has 0 aromatic heterocycles. The van der Waals surface area contributed by atoms with Gasteiger partial charge < -0.3 is 30.6 Å². The number of nitrogens with two attached hydrogens (primary N) is 1. The minimum Gasteiger partial charge on any atom is -0.415 e. The van der Waals surface area contributed by atoms with E-state index in [9.17, 15) is 0 Å². The molecule has 1 nitrogen and oxygen atoms in total. The third kappa shape index (κ3) is 38.3. The molecule has 0 saturated heterocycles. The van der Waals surface area contributed by atoms with E-state index in [1.54, 1.807) is 0 Å². The van der Waals surface area contributed by atoms with Gasteiger partial charge in [-0.05, 0) is 0 Å². The maximum Gasteiger partial charge on any atom is -0.0708 e. The molecular weight excluding hydrogens is 216 g/mol. The van der Waals surface area contributed by atoms with E-state index in [1.165, 1.54) is 37.1 Å². The van der Waals surface area contributed by atoms with E-state index < -0.39 is 0 Å². The number of hydrogen-bond acceptors (Lipinski definition) is 2. The Balaban J connectivity index is 0. The summed E-state index contributed by atoms with van der Waals surface area (Å²) in [6.45, 7) is 2.23. The molecule has 0 aliphatic heterocycles. The Labute approximate surface area is 83.4 Å². The van der Waals surface area contributed by atoms with Crippen LogP contribution in [0.3, 0.4) is 0 Å². The summed E-state index contributed by atoms with van der Waals surface area (Å²) >= 11 is 9.62. The van der Waals surface area contributed by atoms with Crippen molar-refractivity contribution in [3.63, 3.8) is 0 Å². The largest absolute Gasteiger partial charge is 0.415 e. The molecule has 0 radical (unpaired) electrons. The molecule has 4 heteroatoms. The summed E-state index contributed by atoms with van der Waals surface area (Å²) in [5.41, 5.74) is 4.66. The average Bonchev–Trinajstić information content (AvgIpc) is 1.82. The number of hydrogen-bond donors (Lipinski definition) is 1. The molecule has 55 valence electrons. The number of rotatable bonds is 3. The smallest absolute Gasteiger partial charge is 0.0708 e. The Morgan fingerprint density at radius 1 is 1.80 bits per heavy atom. The zero-order valence-electron chi connectivity index (χ0n) is 6.30. The minimum atomic E-state index is 0.0833. The van der Waals surface area contributed by atoms with Crippen molar-refractivity contribution in [3.8, 4) is 0 Å². The fraction of sp³-hybridized carbons (Fsp3) is 0.667. The average molecular weight is 228 g/mol. The summed E-state index contributed by atoms with van der Waals surface area (Å²) in [6.07, 6.45) is 4.08. The Morgan fingerprint density at radius 3 is 2.30 bits per heavy atom. The van der Waals surface area contributed by atoms with Crippen LogP contribution in [0.2, 0.25) is 0 Å². The summed E-state index contributed by atoms with van der Waals surface area (Å²) in [7, 11) is 0. The summed E-state index contributed by atoms with van der Waals surface area (Å²) in [4.78, 5) is 0. The quantitative estimate of drug-likeness (QED) is 0.341. The molecule has 0 saturated carbocycles. The zero-order valence-corrected chi connectivity index (χ0v) is 10.9. The Kier molecular flexibility index (Phi) is 16.2. The molecule has 0 aromatic rings. The van der Waals surface area contributed by atoms with E-state index >= 15 is 0 Å². The molecule has 0 heterocycles. The van der Waals surface area contributed by atoms with Gasteiger partial charge >= 0.3 is 48.6 Å². The molecule has 10 heavy (non-hydrogen) atoms. The van der Waals surface area contributed by atoms with Crippen molar-refractivity contribution in [1.29, 1.82) is 0 Å². The van der Waals surface area contributed by atoms with Crippen LogP contribution in [0, 0.1) is 0 Å². The maximum absolute atomic E-state index is 4.66. The Bertz CT molecular complexity index is 91.7. The van der Waals surface area contributed by atoms with Gasteiger partial charge in [-0.2, -0.15) is 0 Å². The zero-order chi connectivity index (χ0) is 8.41. The van der Waals surface area contributed by atoms with E-state index in [-0.39, 0.29) is 4.32 Å². The molecule has 0 bridgehead atoms. The van der Waals surface area contributed by atoms with Gasteiger partial charge in [-0.25, -0.2) is 0 Å². The standard InChI is InChI=1S/C5H10.CH3NS2.Zn/c1-3-5-4-2;2-1(3)4;/h1H,3-5H2,2H3;(H3,2,3,4);/q;;+1/p-1. The van der Waals surface area contributed by atoms with Gasteiger partial charge in [-0.1, -0.05) is 4.32 Å². The van der Waals surface area contributed by atoms with Crippen LogP contribution in [0.25, 0.3) is 0 Å². The van der Waals surface area contributed by atoms with Crippen LogP contribution >= 0.6 is 12.2 Å². The monoisotopic (exact) mass is 226 g/mol. The molecule has 0 rings (SSSR count). The first-order chi connectivity index (χ1) is 4.65. The second kappa shape index (κ2) is 12.3. The first-order valence-corrected chi connectivity index (χ1v) is 5.75. The normalized spacial score (nSPS) is 7.50. The second-order valence-corrected chi connectivity index (χ2v) is 4.10. The molecule has 0 unspecified atom stereocenters. The van der Waals surface area contributed by atoms with Gasteiger partial charge in [-0.15, -0.1) is 0 Å². The van der Waals surface area contributed by atoms with E-state index in [4.69, 9.17) is 0 Å². The first kappa shape index (κ1) is 13.2. The second-order valence-electron chi connectivity index (χ2n) is 1.75. The molecular formula is C6H12NS2Zn. The van der Waals surface area contributed by atoms with Crippen LogP contribution in [0.15, 0.2) is 0 Å². The fourth-order valence-corrected chi connectivity index (χ4v) is 0.954. The van der Waals surface area contributed by atoms with Crippen molar-refractivity contribution in [2.24, 2.45) is 5.73 Å². The van der Waals surface area contributed by atoms with Gasteiger partial charge in [0.15, 0.2) is 0 Å². The van der Waals surface area contributed by atoms with Crippen LogP contribution in [0.1, 0.15) is 26.2 Å². The predicted octanol–water partition coefficient (Wildman–Crippen LogP) is 1.30. The Morgan fingerprint density at radius 2 is 2.20 bits per heavy atom. The van der Waals surface area contributed by atoms with E-state index in [1.807, 2.05) is 0 Å². The van der Waals surface area contributed by atoms with Gasteiger partial charge in [0.05, 0.1) is 0 Å². The molecule has 0 aliphatic carbocycles. The van der Waals surface area contributed by atoms with Crippen LogP contribution in [-0.2, 0) is 30.5 Å². The van der Waals surface area contributed by atoms with Crippen molar-refractivity contribution in [2.75, 3.05) is 0 Å². The van der Waals surface area contributed by atoms with Crippen LogP contribution in [-0.4, -0.2) is 8.93 Å². The van der Waals surface area contributed by atoms with Crippen LogP contribution in [0.5, 0.6) is 0 Å². The Hall–Kier alpha value is 0.603. The number of thiocarbonyl (C=S) groups is 1. The third-order valence-electron chi connectivity index (χ3n) is 0.762. The summed E-state index contributed by atoms with van der Waals surface area (Å²) in [5, 5.41) is 0. The van der Waals surface area contributed by atoms with Gasteiger partial charge in [-0.3, -0.25) is 0 Å². The van der Waals surface area contributed by atoms with Crippen LogP contribution < -0.4 is 5.73 Å². The molecule has 0 aromatic carbocycles. The van der Waals surface area contributed by atoms with Gasteiger partial charge in [0.25, 0.3) is 0 Å². The molecule has 0 spiro atoms. The van der Waals surface area contributed by atoms with Crippen LogP contribution in [0.4, 0.5) is 0 Å². The predicted molar refractivity (Wildman–Crippen MR) is 49.7 cm³/mol. The van der Waals surface area contributed by atoms with Crippen molar-refractivity contribution in [1.82, 2.24) is 0 Å². The molecule has 0 amide bonds. The van der Waals surface area contributed by atoms with Crippen molar-refractivity contribution >= 4 is 33.8 Å². The SMILES string of the molecule is CCCC[CH]=[Zn+].NC(=S)[S-]. The molecule has 0 fully saturated rings. The van der Waals surface area contributed by atoms with E-state index in [2.05, 4.69) is 42.1 Å². The third-order valence-corrected chi connectivity index (χ3v) is 1.62. The van der Waals surface area contributed by atoms with Gasteiger partial charge in [0, 0.05) is 0 Å². The van der Waals surface area contributed by atoms with Crippen molar-refractivity contribution in [3.05, 3.63) is 0 Å². The van der Waals surface area contributed by atoms with E-state index in [0.717, 1.165) is 0 Å². The van der Waals surface area contributed by atoms with E-state index in [0.29, 0.717) is 0 Å². The van der Waals surface area contributed by atoms with Crippen molar-refractivity contribution < 1.29 is 17.9 Å². The summed E-state index contributed by atoms with van der Waals surface area (Å²) in [5.74, 6) is 0. The summed E-state index contributed by atoms with van der Waals surface area (Å²) in [6, 6.07) is 0. The maximum atomic E-state index is 4.66. The van der Waals surface area contributed by atoms with Gasteiger partial charge in [0.2, 0.25) is 0 Å². The number of unbranched alkanes of at least 4 members (excludes halogenated alkanes) is 2. The molecule has 0 aliphatic rings. The molecule has 2 N–H and O–H groups in total. The van der Waals surface area contributed by atoms with Gasteiger partial charge in [0.1, 0.15) is 0 Å². The summed E-state index contributed by atoms with van der Waals surface area (Å²) < 4.78 is 2.42. The molecule has 0 atom stereocenters. The minimum absolute atomic E-state index is 0.0833. The fourth-order valence-electron chi connectivity index (χ4n) is 0.348.